The Morgan fingerprint density at radius 2 is 2.04 bits per heavy atom. The summed E-state index contributed by atoms with van der Waals surface area (Å²) in [4.78, 5) is 20.9. The molecule has 0 saturated carbocycles. The van der Waals surface area contributed by atoms with Gasteiger partial charge in [0.1, 0.15) is 5.65 Å². The first-order valence-electron chi connectivity index (χ1n) is 7.99. The van der Waals surface area contributed by atoms with Gasteiger partial charge in [0.15, 0.2) is 0 Å². The monoisotopic (exact) mass is 353 g/mol. The van der Waals surface area contributed by atoms with Gasteiger partial charge < -0.3 is 14.3 Å². The van der Waals surface area contributed by atoms with Gasteiger partial charge in [-0.3, -0.25) is 4.79 Å². The standard InChI is InChI=1S/C18H16ClN5O/c19-13-5-6-17-22-14(11-24(17)10-13)9-20-18(25)7-8-23-12-21-15-3-1-2-4-16(15)23/h1-6,10-12H,7-9H2,(H,20,25). The number of amides is 1. The van der Waals surface area contributed by atoms with Crippen LogP contribution >= 0.6 is 11.6 Å². The van der Waals surface area contributed by atoms with E-state index in [1.807, 2.05) is 45.5 Å². The van der Waals surface area contributed by atoms with Gasteiger partial charge in [0, 0.05) is 25.4 Å². The highest BCUT2D eigenvalue weighted by molar-refractivity contribution is 6.30. The number of aromatic nitrogens is 4. The Bertz CT molecular complexity index is 1050. The maximum atomic E-state index is 12.1. The molecule has 4 rings (SSSR count). The number of pyridine rings is 1. The molecule has 0 spiro atoms. The third kappa shape index (κ3) is 3.34. The van der Waals surface area contributed by atoms with Crippen LogP contribution in [0, 0.1) is 0 Å². The number of benzene rings is 1. The minimum Gasteiger partial charge on any atom is -0.350 e. The topological polar surface area (TPSA) is 64.2 Å². The number of fused-ring (bicyclic) bond motifs is 2. The molecular weight excluding hydrogens is 338 g/mol. The lowest BCUT2D eigenvalue weighted by Crippen LogP contribution is -2.24. The molecule has 1 amide bonds. The zero-order valence-electron chi connectivity index (χ0n) is 13.4. The molecule has 0 radical (unpaired) electrons. The van der Waals surface area contributed by atoms with Crippen molar-refractivity contribution in [2.24, 2.45) is 0 Å². The number of rotatable bonds is 5. The van der Waals surface area contributed by atoms with Crippen molar-refractivity contribution in [2.75, 3.05) is 0 Å². The number of carbonyl (C=O) groups is 1. The number of halogens is 1. The van der Waals surface area contributed by atoms with Crippen LogP contribution in [-0.4, -0.2) is 24.8 Å². The van der Waals surface area contributed by atoms with E-state index in [2.05, 4.69) is 15.3 Å². The molecule has 3 aromatic heterocycles. The molecular formula is C18H16ClN5O. The van der Waals surface area contributed by atoms with Gasteiger partial charge in [-0.1, -0.05) is 23.7 Å². The largest absolute Gasteiger partial charge is 0.350 e. The highest BCUT2D eigenvalue weighted by Gasteiger charge is 2.07. The summed E-state index contributed by atoms with van der Waals surface area (Å²) in [5.74, 6) is -0.0205. The van der Waals surface area contributed by atoms with Gasteiger partial charge in [0.05, 0.1) is 34.6 Å². The molecule has 0 atom stereocenters. The zero-order chi connectivity index (χ0) is 17.2. The molecule has 0 aliphatic heterocycles. The van der Waals surface area contributed by atoms with E-state index in [0.29, 0.717) is 24.5 Å². The van der Waals surface area contributed by atoms with E-state index in [-0.39, 0.29) is 5.91 Å². The summed E-state index contributed by atoms with van der Waals surface area (Å²) in [6.45, 7) is 0.982. The first kappa shape index (κ1) is 15.7. The Kier molecular flexibility index (Phi) is 4.11. The third-order valence-electron chi connectivity index (χ3n) is 4.04. The number of hydrogen-bond donors (Lipinski definition) is 1. The maximum Gasteiger partial charge on any atom is 0.222 e. The van der Waals surface area contributed by atoms with E-state index < -0.39 is 0 Å². The van der Waals surface area contributed by atoms with Gasteiger partial charge in [0.2, 0.25) is 5.91 Å². The number of imidazole rings is 2. The fourth-order valence-electron chi connectivity index (χ4n) is 2.79. The third-order valence-corrected chi connectivity index (χ3v) is 4.26. The predicted octanol–water partition coefficient (Wildman–Crippen LogP) is 3.04. The molecule has 0 bridgehead atoms. The molecule has 7 heteroatoms. The summed E-state index contributed by atoms with van der Waals surface area (Å²) in [5.41, 5.74) is 3.57. The molecule has 6 nitrogen and oxygen atoms in total. The smallest absolute Gasteiger partial charge is 0.222 e. The second-order valence-electron chi connectivity index (χ2n) is 5.80. The van der Waals surface area contributed by atoms with Crippen LogP contribution in [0.1, 0.15) is 12.1 Å². The first-order valence-corrected chi connectivity index (χ1v) is 8.36. The second kappa shape index (κ2) is 6.57. The first-order chi connectivity index (χ1) is 12.2. The molecule has 0 saturated heterocycles. The van der Waals surface area contributed by atoms with Crippen molar-refractivity contribution in [1.82, 2.24) is 24.3 Å². The molecule has 25 heavy (non-hydrogen) atoms. The molecule has 1 aromatic carbocycles. The van der Waals surface area contributed by atoms with E-state index >= 15 is 0 Å². The van der Waals surface area contributed by atoms with Crippen LogP contribution in [0.15, 0.2) is 55.1 Å². The summed E-state index contributed by atoms with van der Waals surface area (Å²) in [6, 6.07) is 11.5. The average Bonchev–Trinajstić information content (AvgIpc) is 3.21. The van der Waals surface area contributed by atoms with Gasteiger partial charge in [-0.25, -0.2) is 9.97 Å². The molecule has 0 fully saturated rings. The fourth-order valence-corrected chi connectivity index (χ4v) is 2.96. The van der Waals surface area contributed by atoms with E-state index in [9.17, 15) is 4.79 Å². The Morgan fingerprint density at radius 3 is 2.96 bits per heavy atom. The van der Waals surface area contributed by atoms with Crippen LogP contribution in [0.3, 0.4) is 0 Å². The summed E-state index contributed by atoms with van der Waals surface area (Å²) >= 11 is 5.96. The predicted molar refractivity (Wildman–Crippen MR) is 96.4 cm³/mol. The van der Waals surface area contributed by atoms with Crippen LogP contribution < -0.4 is 5.32 Å². The summed E-state index contributed by atoms with van der Waals surface area (Å²) in [5, 5.41) is 3.55. The molecule has 0 unspecified atom stereocenters. The van der Waals surface area contributed by atoms with Crippen molar-refractivity contribution in [3.8, 4) is 0 Å². The number of carbonyl (C=O) groups excluding carboxylic acids is 1. The highest BCUT2D eigenvalue weighted by atomic mass is 35.5. The van der Waals surface area contributed by atoms with E-state index in [1.54, 1.807) is 18.6 Å². The SMILES string of the molecule is O=C(CCn1cnc2ccccc21)NCc1cn2cc(Cl)ccc2n1. The Labute approximate surface area is 149 Å². The Balaban J connectivity index is 1.35. The number of para-hydroxylation sites is 2. The number of nitrogens with zero attached hydrogens (tertiary/aromatic N) is 4. The van der Waals surface area contributed by atoms with Crippen molar-refractivity contribution >= 4 is 34.2 Å². The van der Waals surface area contributed by atoms with Gasteiger partial charge >= 0.3 is 0 Å². The van der Waals surface area contributed by atoms with Crippen molar-refractivity contribution in [3.05, 3.63) is 65.8 Å². The van der Waals surface area contributed by atoms with Crippen molar-refractivity contribution in [3.63, 3.8) is 0 Å². The van der Waals surface area contributed by atoms with Crippen molar-refractivity contribution in [1.29, 1.82) is 0 Å². The minimum atomic E-state index is -0.0205. The van der Waals surface area contributed by atoms with Gasteiger partial charge in [0.25, 0.3) is 0 Å². The molecule has 0 aliphatic rings. The van der Waals surface area contributed by atoms with Crippen LogP contribution in [0.2, 0.25) is 5.02 Å². The molecule has 126 valence electrons. The lowest BCUT2D eigenvalue weighted by atomic mass is 10.3. The Morgan fingerprint density at radius 1 is 1.16 bits per heavy atom. The van der Waals surface area contributed by atoms with Crippen LogP contribution in [0.4, 0.5) is 0 Å². The quantitative estimate of drug-likeness (QED) is 0.599. The lowest BCUT2D eigenvalue weighted by Gasteiger charge is -2.05. The van der Waals surface area contributed by atoms with E-state index in [0.717, 1.165) is 22.4 Å². The number of nitrogens with one attached hydrogen (secondary N) is 1. The average molecular weight is 354 g/mol. The van der Waals surface area contributed by atoms with Crippen LogP contribution in [-0.2, 0) is 17.9 Å². The van der Waals surface area contributed by atoms with Gasteiger partial charge in [-0.2, -0.15) is 0 Å². The zero-order valence-corrected chi connectivity index (χ0v) is 14.1. The molecule has 0 aliphatic carbocycles. The number of hydrogen-bond acceptors (Lipinski definition) is 3. The second-order valence-corrected chi connectivity index (χ2v) is 6.23. The van der Waals surface area contributed by atoms with Crippen molar-refractivity contribution < 1.29 is 4.79 Å². The van der Waals surface area contributed by atoms with E-state index in [4.69, 9.17) is 11.6 Å². The van der Waals surface area contributed by atoms with Crippen LogP contribution in [0.25, 0.3) is 16.7 Å². The lowest BCUT2D eigenvalue weighted by molar-refractivity contribution is -0.121. The number of aryl methyl sites for hydroxylation is 1. The molecule has 1 N–H and O–H groups in total. The molecule has 3 heterocycles. The summed E-state index contributed by atoms with van der Waals surface area (Å²) in [6.07, 6.45) is 5.81. The van der Waals surface area contributed by atoms with Gasteiger partial charge in [-0.05, 0) is 24.3 Å². The summed E-state index contributed by atoms with van der Waals surface area (Å²) in [7, 11) is 0. The Hall–Kier alpha value is -2.86. The fraction of sp³-hybridized carbons (Fsp3) is 0.167. The molecule has 4 aromatic rings. The van der Waals surface area contributed by atoms with Crippen molar-refractivity contribution in [2.45, 2.75) is 19.5 Å². The van der Waals surface area contributed by atoms with Gasteiger partial charge in [-0.15, -0.1) is 0 Å². The van der Waals surface area contributed by atoms with E-state index in [1.165, 1.54) is 0 Å². The summed E-state index contributed by atoms with van der Waals surface area (Å²) < 4.78 is 3.84. The highest BCUT2D eigenvalue weighted by Crippen LogP contribution is 2.13. The maximum absolute atomic E-state index is 12.1. The van der Waals surface area contributed by atoms with Crippen LogP contribution in [0.5, 0.6) is 0 Å². The normalized spacial score (nSPS) is 11.2. The minimum absolute atomic E-state index is 0.0205.